The fraction of sp³-hybridized carbons (Fsp3) is 0.529. The number of likely N-dealkylation sites (tertiary alicyclic amines) is 1. The van der Waals surface area contributed by atoms with Crippen LogP contribution in [-0.4, -0.2) is 34.7 Å². The number of hydrogen-bond donors (Lipinski definition) is 0. The van der Waals surface area contributed by atoms with Crippen molar-refractivity contribution in [1.82, 2.24) is 4.90 Å². The largest absolute Gasteiger partial charge is 0.379 e. The Morgan fingerprint density at radius 2 is 2.10 bits per heavy atom. The van der Waals surface area contributed by atoms with Crippen molar-refractivity contribution in [2.45, 2.75) is 51.2 Å². The Balaban J connectivity index is 1.73. The maximum atomic E-state index is 12.8. The predicted octanol–water partition coefficient (Wildman–Crippen LogP) is 2.97. The van der Waals surface area contributed by atoms with Crippen LogP contribution in [0.5, 0.6) is 0 Å². The Morgan fingerprint density at radius 1 is 1.33 bits per heavy atom. The molecule has 1 amide bonds. The second-order valence-corrected chi connectivity index (χ2v) is 6.25. The second kappa shape index (κ2) is 5.51. The minimum atomic E-state index is -0.850. The summed E-state index contributed by atoms with van der Waals surface area (Å²) in [7, 11) is 0. The van der Waals surface area contributed by atoms with Gasteiger partial charge in [-0.25, -0.2) is 0 Å². The minimum Gasteiger partial charge on any atom is -0.379 e. The maximum absolute atomic E-state index is 12.8. The highest BCUT2D eigenvalue weighted by atomic mass is 16.7. The van der Waals surface area contributed by atoms with Crippen LogP contribution >= 0.6 is 0 Å². The van der Waals surface area contributed by atoms with E-state index in [-0.39, 0.29) is 5.91 Å². The van der Waals surface area contributed by atoms with Gasteiger partial charge in [-0.3, -0.25) is 4.79 Å². The lowest BCUT2D eigenvalue weighted by molar-refractivity contribution is -0.156. The van der Waals surface area contributed by atoms with Crippen LogP contribution in [0.3, 0.4) is 0 Å². The van der Waals surface area contributed by atoms with Gasteiger partial charge in [-0.05, 0) is 38.7 Å². The third kappa shape index (κ3) is 2.67. The zero-order valence-corrected chi connectivity index (χ0v) is 12.7. The van der Waals surface area contributed by atoms with E-state index in [4.69, 9.17) is 4.84 Å². The van der Waals surface area contributed by atoms with E-state index in [1.54, 1.807) is 0 Å². The zero-order valence-electron chi connectivity index (χ0n) is 12.7. The molecule has 21 heavy (non-hydrogen) atoms. The molecule has 4 heteroatoms. The molecule has 2 aliphatic rings. The van der Waals surface area contributed by atoms with Crippen LogP contribution in [0.15, 0.2) is 35.5 Å². The third-order valence-corrected chi connectivity index (χ3v) is 4.49. The van der Waals surface area contributed by atoms with Crippen molar-refractivity contribution < 1.29 is 9.63 Å². The lowest BCUT2D eigenvalue weighted by Crippen LogP contribution is -2.52. The summed E-state index contributed by atoms with van der Waals surface area (Å²) in [5, 5.41) is 4.17. The number of benzene rings is 1. The van der Waals surface area contributed by atoms with E-state index in [9.17, 15) is 4.79 Å². The van der Waals surface area contributed by atoms with Crippen molar-refractivity contribution in [3.8, 4) is 0 Å². The van der Waals surface area contributed by atoms with E-state index in [1.165, 1.54) is 6.42 Å². The molecule has 1 saturated heterocycles. The summed E-state index contributed by atoms with van der Waals surface area (Å²) in [5.74, 6) is 0.0735. The molecule has 2 atom stereocenters. The van der Waals surface area contributed by atoms with Crippen molar-refractivity contribution in [1.29, 1.82) is 0 Å². The van der Waals surface area contributed by atoms with Gasteiger partial charge >= 0.3 is 0 Å². The van der Waals surface area contributed by atoms with Crippen LogP contribution in [0.25, 0.3) is 0 Å². The van der Waals surface area contributed by atoms with Gasteiger partial charge in [-0.1, -0.05) is 35.5 Å². The van der Waals surface area contributed by atoms with Gasteiger partial charge in [-0.15, -0.1) is 0 Å². The van der Waals surface area contributed by atoms with Crippen molar-refractivity contribution >= 4 is 11.6 Å². The lowest BCUT2D eigenvalue weighted by atomic mass is 9.92. The maximum Gasteiger partial charge on any atom is 0.269 e. The molecule has 0 bridgehead atoms. The topological polar surface area (TPSA) is 41.9 Å². The van der Waals surface area contributed by atoms with Crippen molar-refractivity contribution in [2.24, 2.45) is 5.16 Å². The summed E-state index contributed by atoms with van der Waals surface area (Å²) in [5.41, 5.74) is 1.04. The first-order valence-corrected chi connectivity index (χ1v) is 7.72. The molecule has 2 aliphatic heterocycles. The number of hydrogen-bond acceptors (Lipinski definition) is 3. The Kier molecular flexibility index (Phi) is 3.70. The smallest absolute Gasteiger partial charge is 0.269 e. The Labute approximate surface area is 125 Å². The average molecular weight is 286 g/mol. The van der Waals surface area contributed by atoms with E-state index >= 15 is 0 Å². The summed E-state index contributed by atoms with van der Waals surface area (Å²) >= 11 is 0. The van der Waals surface area contributed by atoms with E-state index in [2.05, 4.69) is 12.1 Å². The van der Waals surface area contributed by atoms with Gasteiger partial charge in [0.25, 0.3) is 5.91 Å². The molecule has 0 aliphatic carbocycles. The Bertz CT molecular complexity index is 555. The molecule has 0 spiro atoms. The van der Waals surface area contributed by atoms with Gasteiger partial charge in [0.2, 0.25) is 5.60 Å². The van der Waals surface area contributed by atoms with Gasteiger partial charge in [-0.2, -0.15) is 0 Å². The SMILES string of the molecule is C[C@H]1CCCCN1C(=O)[C@@]1(C)CC(c2ccccc2)=NO1. The zero-order chi connectivity index (χ0) is 14.9. The summed E-state index contributed by atoms with van der Waals surface area (Å²) < 4.78 is 0. The molecule has 0 aromatic heterocycles. The van der Waals surface area contributed by atoms with Crippen molar-refractivity contribution in [3.63, 3.8) is 0 Å². The Morgan fingerprint density at radius 3 is 2.81 bits per heavy atom. The number of rotatable bonds is 2. The first-order chi connectivity index (χ1) is 10.1. The predicted molar refractivity (Wildman–Crippen MR) is 82.1 cm³/mol. The highest BCUT2D eigenvalue weighted by molar-refractivity contribution is 6.05. The van der Waals surface area contributed by atoms with Crippen molar-refractivity contribution in [3.05, 3.63) is 35.9 Å². The summed E-state index contributed by atoms with van der Waals surface area (Å²) in [6.07, 6.45) is 3.90. The van der Waals surface area contributed by atoms with Crippen LogP contribution < -0.4 is 0 Å². The molecule has 112 valence electrons. The third-order valence-electron chi connectivity index (χ3n) is 4.49. The van der Waals surface area contributed by atoms with Crippen LogP contribution in [-0.2, 0) is 9.63 Å². The van der Waals surface area contributed by atoms with Crippen molar-refractivity contribution in [2.75, 3.05) is 6.54 Å². The van der Waals surface area contributed by atoms with Crippen LogP contribution in [0.2, 0.25) is 0 Å². The average Bonchev–Trinajstić information content (AvgIpc) is 2.92. The van der Waals surface area contributed by atoms with E-state index in [0.717, 1.165) is 30.7 Å². The molecule has 0 N–H and O–H groups in total. The van der Waals surface area contributed by atoms with Crippen LogP contribution in [0.1, 0.15) is 45.1 Å². The summed E-state index contributed by atoms with van der Waals surface area (Å²) in [4.78, 5) is 20.4. The normalized spacial score (nSPS) is 29.0. The van der Waals surface area contributed by atoms with Gasteiger partial charge < -0.3 is 9.74 Å². The lowest BCUT2D eigenvalue weighted by Gasteiger charge is -2.37. The molecule has 1 aromatic rings. The van der Waals surface area contributed by atoms with E-state index in [0.29, 0.717) is 12.5 Å². The number of carbonyl (C=O) groups excluding carboxylic acids is 1. The molecular formula is C17H22N2O2. The molecule has 3 rings (SSSR count). The van der Waals surface area contributed by atoms with E-state index < -0.39 is 5.60 Å². The standard InChI is InChI=1S/C17H22N2O2/c1-13-8-6-7-11-19(13)16(20)17(2)12-15(18-21-17)14-9-4-3-5-10-14/h3-5,9-10,13H,6-8,11-12H2,1-2H3/t13-,17+/m0/s1. The molecular weight excluding hydrogens is 264 g/mol. The first kappa shape index (κ1) is 14.1. The van der Waals surface area contributed by atoms with Gasteiger partial charge in [0, 0.05) is 19.0 Å². The molecule has 2 heterocycles. The number of piperidine rings is 1. The van der Waals surface area contributed by atoms with Gasteiger partial charge in [0.15, 0.2) is 0 Å². The number of nitrogens with zero attached hydrogens (tertiary/aromatic N) is 2. The molecule has 1 aromatic carbocycles. The van der Waals surface area contributed by atoms with Crippen LogP contribution in [0, 0.1) is 0 Å². The summed E-state index contributed by atoms with van der Waals surface area (Å²) in [6.45, 7) is 4.81. The Hall–Kier alpha value is -1.84. The van der Waals surface area contributed by atoms with Gasteiger partial charge in [0.05, 0.1) is 5.71 Å². The molecule has 4 nitrogen and oxygen atoms in total. The van der Waals surface area contributed by atoms with Crippen LogP contribution in [0.4, 0.5) is 0 Å². The van der Waals surface area contributed by atoms with Gasteiger partial charge in [0.1, 0.15) is 0 Å². The molecule has 0 saturated carbocycles. The first-order valence-electron chi connectivity index (χ1n) is 7.72. The number of oxime groups is 1. The number of carbonyl (C=O) groups is 1. The molecule has 0 unspecified atom stereocenters. The second-order valence-electron chi connectivity index (χ2n) is 6.25. The fourth-order valence-electron chi connectivity index (χ4n) is 3.14. The minimum absolute atomic E-state index is 0.0735. The van der Waals surface area contributed by atoms with E-state index in [1.807, 2.05) is 42.2 Å². The molecule has 1 fully saturated rings. The monoisotopic (exact) mass is 286 g/mol. The highest BCUT2D eigenvalue weighted by Crippen LogP contribution is 2.31. The number of amides is 1. The molecule has 0 radical (unpaired) electrons. The fourth-order valence-corrected chi connectivity index (χ4v) is 3.14. The highest BCUT2D eigenvalue weighted by Gasteiger charge is 2.45. The quantitative estimate of drug-likeness (QED) is 0.838. The summed E-state index contributed by atoms with van der Waals surface area (Å²) in [6, 6.07) is 10.2.